The number of hydrogen-bond donors (Lipinski definition) is 2. The van der Waals surface area contributed by atoms with Crippen molar-refractivity contribution in [1.29, 1.82) is 0 Å². The second kappa shape index (κ2) is 8.25. The molecule has 3 aromatic rings. The van der Waals surface area contributed by atoms with Crippen LogP contribution in [0.4, 0.5) is 17.2 Å². The minimum absolute atomic E-state index is 0.0247. The standard InChI is InChI=1S/C18H13ClN4O5S/c19-15-9-4-12(11-16(15)23(25)26)18(24)21-13-5-7-14(8-6-13)29(27,28)22-17-3-1-2-10-20-17/h1-11H,(H,20,22)(H,21,24). The summed E-state index contributed by atoms with van der Waals surface area (Å²) in [7, 11) is -3.85. The largest absolute Gasteiger partial charge is 0.322 e. The van der Waals surface area contributed by atoms with E-state index in [-0.39, 0.29) is 27.0 Å². The molecule has 3 rings (SSSR count). The summed E-state index contributed by atoms with van der Waals surface area (Å²) < 4.78 is 27.1. The number of nitrogens with zero attached hydrogens (tertiary/aromatic N) is 2. The Morgan fingerprint density at radius 2 is 1.79 bits per heavy atom. The third-order valence-electron chi connectivity index (χ3n) is 3.73. The summed E-state index contributed by atoms with van der Waals surface area (Å²) in [6.07, 6.45) is 1.46. The van der Waals surface area contributed by atoms with Crippen molar-refractivity contribution in [3.63, 3.8) is 0 Å². The van der Waals surface area contributed by atoms with Gasteiger partial charge in [0.2, 0.25) is 0 Å². The van der Waals surface area contributed by atoms with Gasteiger partial charge in [0.05, 0.1) is 9.82 Å². The van der Waals surface area contributed by atoms with Gasteiger partial charge in [0, 0.05) is 23.5 Å². The molecule has 1 amide bonds. The Labute approximate surface area is 170 Å². The first-order valence-electron chi connectivity index (χ1n) is 8.05. The lowest BCUT2D eigenvalue weighted by Gasteiger charge is -2.09. The fourth-order valence-electron chi connectivity index (χ4n) is 2.33. The van der Waals surface area contributed by atoms with Gasteiger partial charge >= 0.3 is 0 Å². The molecule has 0 saturated heterocycles. The van der Waals surface area contributed by atoms with E-state index in [1.54, 1.807) is 12.1 Å². The number of nitro groups is 1. The van der Waals surface area contributed by atoms with Gasteiger partial charge in [0.25, 0.3) is 21.6 Å². The summed E-state index contributed by atoms with van der Waals surface area (Å²) in [4.78, 5) is 26.4. The third-order valence-corrected chi connectivity index (χ3v) is 5.42. The molecule has 29 heavy (non-hydrogen) atoms. The van der Waals surface area contributed by atoms with E-state index in [0.717, 1.165) is 6.07 Å². The van der Waals surface area contributed by atoms with Gasteiger partial charge in [-0.1, -0.05) is 17.7 Å². The maximum Gasteiger partial charge on any atom is 0.288 e. The maximum absolute atomic E-state index is 12.4. The number of rotatable bonds is 6. The van der Waals surface area contributed by atoms with E-state index >= 15 is 0 Å². The van der Waals surface area contributed by atoms with Crippen molar-refractivity contribution in [2.45, 2.75) is 4.90 Å². The van der Waals surface area contributed by atoms with Crippen molar-refractivity contribution in [3.05, 3.63) is 87.6 Å². The van der Waals surface area contributed by atoms with Gasteiger partial charge in [0.15, 0.2) is 0 Å². The third kappa shape index (κ3) is 4.86. The highest BCUT2D eigenvalue weighted by molar-refractivity contribution is 7.92. The summed E-state index contributed by atoms with van der Waals surface area (Å²) in [6.45, 7) is 0. The predicted molar refractivity (Wildman–Crippen MR) is 108 cm³/mol. The van der Waals surface area contributed by atoms with Crippen molar-refractivity contribution in [1.82, 2.24) is 4.98 Å². The van der Waals surface area contributed by atoms with Crippen LogP contribution < -0.4 is 10.0 Å². The lowest BCUT2D eigenvalue weighted by Crippen LogP contribution is -2.15. The van der Waals surface area contributed by atoms with Gasteiger partial charge in [-0.15, -0.1) is 0 Å². The normalized spacial score (nSPS) is 10.9. The molecule has 1 heterocycles. The molecular formula is C18H13ClN4O5S. The average molecular weight is 433 g/mol. The number of anilines is 2. The zero-order valence-corrected chi connectivity index (χ0v) is 16.1. The molecule has 0 saturated carbocycles. The van der Waals surface area contributed by atoms with E-state index in [1.165, 1.54) is 48.7 Å². The van der Waals surface area contributed by atoms with Crippen LogP contribution in [-0.4, -0.2) is 24.2 Å². The number of carbonyl (C=O) groups is 1. The minimum atomic E-state index is -3.85. The van der Waals surface area contributed by atoms with Crippen molar-refractivity contribution >= 4 is 44.7 Å². The van der Waals surface area contributed by atoms with E-state index in [4.69, 9.17) is 11.6 Å². The molecule has 0 unspecified atom stereocenters. The molecule has 0 aliphatic heterocycles. The Morgan fingerprint density at radius 1 is 1.07 bits per heavy atom. The van der Waals surface area contributed by atoms with E-state index in [1.807, 2.05) is 0 Å². The van der Waals surface area contributed by atoms with Crippen molar-refractivity contribution < 1.29 is 18.1 Å². The van der Waals surface area contributed by atoms with Crippen LogP contribution in [0.1, 0.15) is 10.4 Å². The maximum atomic E-state index is 12.4. The molecule has 0 spiro atoms. The quantitative estimate of drug-likeness (QED) is 0.451. The molecule has 2 N–H and O–H groups in total. The van der Waals surface area contributed by atoms with Crippen molar-refractivity contribution in [3.8, 4) is 0 Å². The first-order valence-corrected chi connectivity index (χ1v) is 9.91. The van der Waals surface area contributed by atoms with Crippen LogP contribution in [0.15, 0.2) is 71.8 Å². The van der Waals surface area contributed by atoms with Gasteiger partial charge in [0.1, 0.15) is 10.8 Å². The number of pyridine rings is 1. The fraction of sp³-hybridized carbons (Fsp3) is 0. The highest BCUT2D eigenvalue weighted by Gasteiger charge is 2.17. The highest BCUT2D eigenvalue weighted by Crippen LogP contribution is 2.25. The van der Waals surface area contributed by atoms with Crippen LogP contribution in [0.5, 0.6) is 0 Å². The minimum Gasteiger partial charge on any atom is -0.322 e. The first-order chi connectivity index (χ1) is 13.8. The molecule has 148 valence electrons. The number of amides is 1. The van der Waals surface area contributed by atoms with Crippen LogP contribution in [0.3, 0.4) is 0 Å². The van der Waals surface area contributed by atoms with Crippen molar-refractivity contribution in [2.24, 2.45) is 0 Å². The molecule has 0 aliphatic carbocycles. The molecule has 0 fully saturated rings. The number of aromatic nitrogens is 1. The molecule has 1 aromatic heterocycles. The smallest absolute Gasteiger partial charge is 0.288 e. The number of halogens is 1. The molecule has 9 nitrogen and oxygen atoms in total. The lowest BCUT2D eigenvalue weighted by molar-refractivity contribution is -0.384. The molecule has 0 atom stereocenters. The van der Waals surface area contributed by atoms with Gasteiger partial charge < -0.3 is 5.32 Å². The fourth-order valence-corrected chi connectivity index (χ4v) is 3.53. The summed E-state index contributed by atoms with van der Waals surface area (Å²) >= 11 is 5.73. The van der Waals surface area contributed by atoms with E-state index < -0.39 is 20.9 Å². The second-order valence-electron chi connectivity index (χ2n) is 5.72. The molecule has 0 aliphatic rings. The molecular weight excluding hydrogens is 420 g/mol. The van der Waals surface area contributed by atoms with Crippen LogP contribution in [0.25, 0.3) is 0 Å². The van der Waals surface area contributed by atoms with Gasteiger partial charge in [-0.3, -0.25) is 19.6 Å². The Balaban J connectivity index is 1.74. The van der Waals surface area contributed by atoms with Crippen LogP contribution in [0.2, 0.25) is 5.02 Å². The Hall–Kier alpha value is -3.50. The SMILES string of the molecule is O=C(Nc1ccc(S(=O)(=O)Nc2ccccn2)cc1)c1ccc(Cl)c([N+](=O)[O-])c1. The number of carbonyl (C=O) groups excluding carboxylic acids is 1. The Morgan fingerprint density at radius 3 is 2.41 bits per heavy atom. The predicted octanol–water partition coefficient (Wildman–Crippen LogP) is 3.70. The van der Waals surface area contributed by atoms with Gasteiger partial charge in [-0.2, -0.15) is 0 Å². The monoisotopic (exact) mass is 432 g/mol. The summed E-state index contributed by atoms with van der Waals surface area (Å²) in [5.41, 5.74) is -0.0413. The first kappa shape index (κ1) is 20.2. The number of nitrogens with one attached hydrogen (secondary N) is 2. The second-order valence-corrected chi connectivity index (χ2v) is 7.81. The molecule has 2 aromatic carbocycles. The molecule has 0 radical (unpaired) electrons. The Bertz CT molecular complexity index is 1170. The highest BCUT2D eigenvalue weighted by atomic mass is 35.5. The van der Waals surface area contributed by atoms with E-state index in [0.29, 0.717) is 5.69 Å². The molecule has 0 bridgehead atoms. The lowest BCUT2D eigenvalue weighted by atomic mass is 10.2. The van der Waals surface area contributed by atoms with Gasteiger partial charge in [-0.05, 0) is 48.5 Å². The van der Waals surface area contributed by atoms with Gasteiger partial charge in [-0.25, -0.2) is 13.4 Å². The average Bonchev–Trinajstić information content (AvgIpc) is 2.69. The van der Waals surface area contributed by atoms with Crippen LogP contribution >= 0.6 is 11.6 Å². The number of benzene rings is 2. The van der Waals surface area contributed by atoms with Crippen molar-refractivity contribution in [2.75, 3.05) is 10.0 Å². The zero-order valence-electron chi connectivity index (χ0n) is 14.6. The molecule has 11 heteroatoms. The van der Waals surface area contributed by atoms with E-state index in [9.17, 15) is 23.3 Å². The van der Waals surface area contributed by atoms with E-state index in [2.05, 4.69) is 15.0 Å². The summed E-state index contributed by atoms with van der Waals surface area (Å²) in [5.74, 6) is -0.429. The topological polar surface area (TPSA) is 131 Å². The number of sulfonamides is 1. The number of nitro benzene ring substituents is 1. The summed E-state index contributed by atoms with van der Waals surface area (Å²) in [5, 5.41) is 13.4. The Kier molecular flexibility index (Phi) is 5.76. The number of hydrogen-bond acceptors (Lipinski definition) is 6. The summed E-state index contributed by atoms with van der Waals surface area (Å²) in [6, 6.07) is 13.9. The van der Waals surface area contributed by atoms with Crippen LogP contribution in [0, 0.1) is 10.1 Å². The zero-order chi connectivity index (χ0) is 21.0. The van der Waals surface area contributed by atoms with Crippen LogP contribution in [-0.2, 0) is 10.0 Å².